The van der Waals surface area contributed by atoms with Crippen molar-refractivity contribution in [3.05, 3.63) is 12.2 Å². The molecule has 7 aliphatic heterocycles. The van der Waals surface area contributed by atoms with Crippen LogP contribution in [-0.4, -0.2) is 393 Å². The van der Waals surface area contributed by atoms with E-state index >= 15 is 0 Å². The van der Waals surface area contributed by atoms with Crippen molar-refractivity contribution >= 4 is 17.7 Å². The zero-order valence-corrected chi connectivity index (χ0v) is 69.7. The van der Waals surface area contributed by atoms with Crippen LogP contribution in [0.2, 0.25) is 0 Å². The molecule has 40 nitrogen and oxygen atoms in total. The number of hydrogen-bond acceptors (Lipinski definition) is 37. The average molecular weight is 1740 g/mol. The zero-order valence-electron chi connectivity index (χ0n) is 69.7. The lowest BCUT2D eigenvalue weighted by atomic mass is 9.93. The van der Waals surface area contributed by atoms with Gasteiger partial charge in [-0.05, 0) is 26.2 Å². The molecule has 7 fully saturated rings. The number of rotatable bonds is 52. The van der Waals surface area contributed by atoms with Gasteiger partial charge in [-0.15, -0.1) is 0 Å². The number of aliphatic hydroxyl groups is 20. The zero-order chi connectivity index (χ0) is 87.9. The van der Waals surface area contributed by atoms with Crippen LogP contribution in [-0.2, 0) is 80.7 Å². The van der Waals surface area contributed by atoms with Crippen LogP contribution in [0.15, 0.2) is 12.2 Å². The van der Waals surface area contributed by atoms with E-state index in [2.05, 4.69) is 29.8 Å². The minimum Gasteiger partial charge on any atom is -0.394 e. The van der Waals surface area contributed by atoms with E-state index in [4.69, 9.17) is 66.3 Å². The van der Waals surface area contributed by atoms with Gasteiger partial charge in [0.05, 0.1) is 64.5 Å². The standard InChI is InChI=1S/C80H143N3O37/c1-6-8-10-12-14-16-18-20-22-24-26-28-30-32-45(92)44(83-52(93)33-31-29-27-25-23-21-19-17-15-13-11-9-7-2)40-107-76-65(104)63(102)70(51(39-89)114-76)116-79-67(106)72(58(97)48(36-86)110-79)119-74-53(81-42(4)90)59(98)68(49(37-87)112-74)115-78-66(105)71(57(96)47(35-85)109-78)118-75-54(82-43(5)91)60(99)69(50(38-88)113-75)117-80-73(62(101)56(95)46(34-84)111-80)120-77-64(103)61(100)55(94)41(3)108-77/h30,32,41,44-51,53-80,84-89,92,94-106H,6-29,31,33-40H2,1-5H3,(H,81,90)(H,82,91)(H,83,93)/b32-30+/t41?,44-,45+,46?,47?,48?,49?,50?,51?,53?,54?,55+,56-,57-,58-,59+,60+,61?,62-,63+,64-,65?,66?,67?,68+,69+,70+,71-,72-,73?,74-,75-,76+,77+,78-,79-,80-/m0/s1. The van der Waals surface area contributed by atoms with E-state index in [1.807, 2.05) is 6.08 Å². The summed E-state index contributed by atoms with van der Waals surface area (Å²) in [6.07, 6.45) is -33.4. The maximum absolute atomic E-state index is 13.5. The number of carbonyl (C=O) groups excluding carboxylic acids is 3. The Morgan fingerprint density at radius 3 is 1.10 bits per heavy atom. The molecule has 3 amide bonds. The Morgan fingerprint density at radius 1 is 0.342 bits per heavy atom. The molecule has 0 bridgehead atoms. The van der Waals surface area contributed by atoms with Crippen LogP contribution in [0.5, 0.6) is 0 Å². The molecule has 7 rings (SSSR count). The first-order chi connectivity index (χ1) is 57.5. The second-order valence-electron chi connectivity index (χ2n) is 32.7. The van der Waals surface area contributed by atoms with E-state index in [1.165, 1.54) is 103 Å². The van der Waals surface area contributed by atoms with Crippen molar-refractivity contribution in [2.75, 3.05) is 46.2 Å². The number of hydrogen-bond donors (Lipinski definition) is 23. The Bertz CT molecular complexity index is 2880. The highest BCUT2D eigenvalue weighted by Gasteiger charge is 2.60. The van der Waals surface area contributed by atoms with Gasteiger partial charge in [0.1, 0.15) is 165 Å². The molecule has 120 heavy (non-hydrogen) atoms. The molecule has 0 aromatic carbocycles. The van der Waals surface area contributed by atoms with Gasteiger partial charge in [-0.1, -0.05) is 167 Å². The molecule has 700 valence electrons. The highest BCUT2D eigenvalue weighted by Crippen LogP contribution is 2.39. The van der Waals surface area contributed by atoms with Crippen molar-refractivity contribution in [3.63, 3.8) is 0 Å². The van der Waals surface area contributed by atoms with Gasteiger partial charge in [0.25, 0.3) is 0 Å². The number of amides is 3. The van der Waals surface area contributed by atoms with Crippen LogP contribution < -0.4 is 16.0 Å². The summed E-state index contributed by atoms with van der Waals surface area (Å²) in [5.74, 6) is -2.13. The third-order valence-electron chi connectivity index (χ3n) is 23.3. The van der Waals surface area contributed by atoms with E-state index in [0.29, 0.717) is 12.8 Å². The van der Waals surface area contributed by atoms with Crippen LogP contribution in [0.4, 0.5) is 0 Å². The molecular formula is C80H143N3O37. The lowest BCUT2D eigenvalue weighted by Crippen LogP contribution is -2.71. The first kappa shape index (κ1) is 104. The van der Waals surface area contributed by atoms with E-state index in [-0.39, 0.29) is 12.3 Å². The third-order valence-corrected chi connectivity index (χ3v) is 23.3. The van der Waals surface area contributed by atoms with Crippen molar-refractivity contribution in [2.24, 2.45) is 0 Å². The van der Waals surface area contributed by atoms with Crippen molar-refractivity contribution in [3.8, 4) is 0 Å². The normalized spacial score (nSPS) is 39.4. The Balaban J connectivity index is 1.00. The Morgan fingerprint density at radius 2 is 0.675 bits per heavy atom. The van der Waals surface area contributed by atoms with Gasteiger partial charge in [0, 0.05) is 20.3 Å². The van der Waals surface area contributed by atoms with Gasteiger partial charge in [-0.3, -0.25) is 14.4 Å². The summed E-state index contributed by atoms with van der Waals surface area (Å²) in [4.78, 5) is 39.5. The van der Waals surface area contributed by atoms with Crippen molar-refractivity contribution in [2.45, 2.75) is 429 Å². The molecule has 0 saturated carbocycles. The predicted octanol–water partition coefficient (Wildman–Crippen LogP) is -4.35. The second-order valence-corrected chi connectivity index (χ2v) is 32.7. The molecule has 7 saturated heterocycles. The molecule has 23 N–H and O–H groups in total. The molecular weight excluding hydrogens is 1590 g/mol. The fourth-order valence-electron chi connectivity index (χ4n) is 16.2. The molecule has 37 atom stereocenters. The minimum atomic E-state index is -2.30. The monoisotopic (exact) mass is 1740 g/mol. The molecule has 0 spiro atoms. The third kappa shape index (κ3) is 29.7. The van der Waals surface area contributed by atoms with Gasteiger partial charge in [0.15, 0.2) is 44.0 Å². The van der Waals surface area contributed by atoms with Crippen LogP contribution in [0.25, 0.3) is 0 Å². The molecule has 0 radical (unpaired) electrons. The van der Waals surface area contributed by atoms with Gasteiger partial charge in [0.2, 0.25) is 17.7 Å². The molecule has 7 aliphatic rings. The first-order valence-corrected chi connectivity index (χ1v) is 43.3. The fourth-order valence-corrected chi connectivity index (χ4v) is 16.2. The Labute approximate surface area is 700 Å². The van der Waals surface area contributed by atoms with E-state index in [9.17, 15) is 117 Å². The molecule has 7 heterocycles. The number of ether oxygens (including phenoxy) is 14. The number of unbranched alkanes of at least 4 members (excludes halogenated alkanes) is 23. The fraction of sp³-hybridized carbons (Fsp3) is 0.938. The van der Waals surface area contributed by atoms with Crippen molar-refractivity contribution in [1.82, 2.24) is 16.0 Å². The summed E-state index contributed by atoms with van der Waals surface area (Å²) in [7, 11) is 0. The van der Waals surface area contributed by atoms with E-state index < -0.39 is 285 Å². The molecule has 0 aromatic rings. The van der Waals surface area contributed by atoms with Gasteiger partial charge >= 0.3 is 0 Å². The average Bonchev–Trinajstić information content (AvgIpc) is 0.767. The topological polar surface area (TPSA) is 621 Å². The second kappa shape index (κ2) is 53.6. The number of aliphatic hydroxyl groups excluding tert-OH is 20. The molecule has 0 aromatic heterocycles. The Kier molecular flexibility index (Phi) is 46.3. The summed E-state index contributed by atoms with van der Waals surface area (Å²) in [6, 6.07) is -4.81. The van der Waals surface area contributed by atoms with E-state index in [1.54, 1.807) is 6.08 Å². The lowest BCUT2D eigenvalue weighted by molar-refractivity contribution is -0.392. The van der Waals surface area contributed by atoms with Gasteiger partial charge in [-0.25, -0.2) is 0 Å². The first-order valence-electron chi connectivity index (χ1n) is 43.3. The summed E-state index contributed by atoms with van der Waals surface area (Å²) >= 11 is 0. The van der Waals surface area contributed by atoms with E-state index in [0.717, 1.165) is 65.2 Å². The van der Waals surface area contributed by atoms with Crippen LogP contribution in [0.1, 0.15) is 202 Å². The van der Waals surface area contributed by atoms with Crippen LogP contribution in [0, 0.1) is 0 Å². The number of allylic oxidation sites excluding steroid dienone is 1. The van der Waals surface area contributed by atoms with Crippen LogP contribution >= 0.6 is 0 Å². The molecule has 40 heteroatoms. The summed E-state index contributed by atoms with van der Waals surface area (Å²) < 4.78 is 83.1. The maximum atomic E-state index is 13.5. The van der Waals surface area contributed by atoms with Crippen molar-refractivity contribution < 1.29 is 183 Å². The van der Waals surface area contributed by atoms with Crippen molar-refractivity contribution in [1.29, 1.82) is 0 Å². The SMILES string of the molecule is CCCCCCCCCCCCC/C=C/[C@@H](O)[C@H](CO[C@@H]1OC(CO)[C@@H](O[C@@H]2OC(CO)[C@H](O)[C@H](O[C@@H]3OC(CO)[C@@H](O[C@@H]4OC(CO)[C@H](O)[C@H](O[C@@H]5OC(CO)[C@@H](O[C@@H]6OC(CO)[C@H](O)[C@H](O)C6O[C@H]6OC(C)[C@@H](O)C(O)[C@@H]6O)[C@H](O)C5NC(C)=O)C4O)[C@H](O)C3NC(C)=O)C2O)[C@H](O)C1O)NC(=O)CCCCCCCCCCCCCCC. The predicted molar refractivity (Wildman–Crippen MR) is 416 cm³/mol. The highest BCUT2D eigenvalue weighted by molar-refractivity contribution is 5.76. The lowest BCUT2D eigenvalue weighted by Gasteiger charge is -2.51. The van der Waals surface area contributed by atoms with Crippen LogP contribution in [0.3, 0.4) is 0 Å². The smallest absolute Gasteiger partial charge is 0.220 e. The maximum Gasteiger partial charge on any atom is 0.220 e. The quantitative estimate of drug-likeness (QED) is 0.0202. The number of carbonyl (C=O) groups is 3. The van der Waals surface area contributed by atoms with Gasteiger partial charge < -0.3 is 184 Å². The number of nitrogens with one attached hydrogen (secondary N) is 3. The summed E-state index contributed by atoms with van der Waals surface area (Å²) in [6.45, 7) is 1.05. The molecule has 0 aliphatic carbocycles. The molecule has 14 unspecified atom stereocenters. The highest BCUT2D eigenvalue weighted by atomic mass is 16.8. The largest absolute Gasteiger partial charge is 0.394 e. The minimum absolute atomic E-state index is 0.166. The van der Waals surface area contributed by atoms with Gasteiger partial charge in [-0.2, -0.15) is 0 Å². The Hall–Kier alpha value is -3.21. The summed E-state index contributed by atoms with van der Waals surface area (Å²) in [5.41, 5.74) is 0. The summed E-state index contributed by atoms with van der Waals surface area (Å²) in [5, 5.41) is 232.